The standard InChI is InChI=1S/C31H39N5O2/c37-30(28-20-27(33-34-28)25-10-11-25)36-16-13-31(14-17-36)12-4-3-8-26-7-1-2-9-29(26)38-19-18-35(23-31)22-24-6-5-15-32-21-24/h1-2,5-7,9,15,20-21,25H,3-4,8,10-14,16-19,22-23H2,(H,33,34). The fourth-order valence-electron chi connectivity index (χ4n) is 6.27. The number of amides is 1. The number of H-pyrrole nitrogens is 1. The zero-order valence-corrected chi connectivity index (χ0v) is 22.3. The molecule has 2 fully saturated rings. The molecule has 2 aromatic heterocycles. The molecule has 3 aliphatic rings. The molecule has 0 radical (unpaired) electrons. The third-order valence-electron chi connectivity index (χ3n) is 8.67. The van der Waals surface area contributed by atoms with Crippen molar-refractivity contribution in [1.29, 1.82) is 0 Å². The number of piperidine rings is 1. The number of nitrogens with one attached hydrogen (secondary N) is 1. The van der Waals surface area contributed by atoms with Crippen molar-refractivity contribution < 1.29 is 9.53 Å². The molecule has 38 heavy (non-hydrogen) atoms. The summed E-state index contributed by atoms with van der Waals surface area (Å²) in [6, 6.07) is 14.6. The van der Waals surface area contributed by atoms with Gasteiger partial charge in [-0.25, -0.2) is 0 Å². The van der Waals surface area contributed by atoms with Gasteiger partial charge in [0.2, 0.25) is 0 Å². The predicted molar refractivity (Wildman–Crippen MR) is 147 cm³/mol. The molecule has 1 N–H and O–H groups in total. The number of aromatic nitrogens is 3. The van der Waals surface area contributed by atoms with E-state index in [1.54, 1.807) is 0 Å². The number of ether oxygens (including phenoxy) is 1. The van der Waals surface area contributed by atoms with Crippen molar-refractivity contribution in [3.63, 3.8) is 0 Å². The lowest BCUT2D eigenvalue weighted by molar-refractivity contribution is 0.0357. The summed E-state index contributed by atoms with van der Waals surface area (Å²) in [6.45, 7) is 5.00. The number of aryl methyl sites for hydroxylation is 1. The molecule has 0 atom stereocenters. The molecule has 0 bridgehead atoms. The largest absolute Gasteiger partial charge is 0.492 e. The number of benzene rings is 1. The van der Waals surface area contributed by atoms with E-state index in [1.807, 2.05) is 29.4 Å². The van der Waals surface area contributed by atoms with Crippen LogP contribution in [0, 0.1) is 5.41 Å². The maximum atomic E-state index is 13.3. The average molecular weight is 514 g/mol. The second-order valence-corrected chi connectivity index (χ2v) is 11.5. The van der Waals surface area contributed by atoms with Crippen LogP contribution < -0.4 is 4.74 Å². The van der Waals surface area contributed by atoms with Gasteiger partial charge in [-0.1, -0.05) is 30.7 Å². The molecular weight excluding hydrogens is 474 g/mol. The predicted octanol–water partition coefficient (Wildman–Crippen LogP) is 5.21. The van der Waals surface area contributed by atoms with E-state index < -0.39 is 0 Å². The minimum Gasteiger partial charge on any atom is -0.492 e. The molecule has 200 valence electrons. The van der Waals surface area contributed by atoms with Crippen LogP contribution >= 0.6 is 0 Å². The number of pyridine rings is 1. The van der Waals surface area contributed by atoms with Crippen molar-refractivity contribution in [2.24, 2.45) is 5.41 Å². The van der Waals surface area contributed by atoms with Crippen molar-refractivity contribution in [2.75, 3.05) is 32.8 Å². The molecule has 6 rings (SSSR count). The van der Waals surface area contributed by atoms with Gasteiger partial charge < -0.3 is 9.64 Å². The van der Waals surface area contributed by atoms with E-state index in [-0.39, 0.29) is 11.3 Å². The number of hydrogen-bond acceptors (Lipinski definition) is 5. The first-order chi connectivity index (χ1) is 18.7. The quantitative estimate of drug-likeness (QED) is 0.518. The van der Waals surface area contributed by atoms with E-state index in [1.165, 1.54) is 36.8 Å². The van der Waals surface area contributed by atoms with Crippen LogP contribution in [0.2, 0.25) is 0 Å². The summed E-state index contributed by atoms with van der Waals surface area (Å²) in [7, 11) is 0. The Hall–Kier alpha value is -3.19. The van der Waals surface area contributed by atoms with Crippen LogP contribution in [-0.2, 0) is 13.0 Å². The molecule has 1 saturated carbocycles. The smallest absolute Gasteiger partial charge is 0.274 e. The first-order valence-corrected chi connectivity index (χ1v) is 14.3. The molecular formula is C31H39N5O2. The number of carbonyl (C=O) groups excluding carboxylic acids is 1. The highest BCUT2D eigenvalue weighted by Gasteiger charge is 2.38. The monoisotopic (exact) mass is 513 g/mol. The summed E-state index contributed by atoms with van der Waals surface area (Å²) >= 11 is 0. The maximum Gasteiger partial charge on any atom is 0.274 e. The highest BCUT2D eigenvalue weighted by molar-refractivity contribution is 5.92. The number of likely N-dealkylation sites (tertiary alicyclic amines) is 1. The van der Waals surface area contributed by atoms with E-state index >= 15 is 0 Å². The SMILES string of the molecule is O=C(c1cc(C2CC2)[nH]n1)N1CCC2(CCCCc3ccccc3OCCN(Cc3cccnc3)C2)CC1. The third-order valence-corrected chi connectivity index (χ3v) is 8.67. The minimum atomic E-state index is 0.0772. The summed E-state index contributed by atoms with van der Waals surface area (Å²) in [6.07, 6.45) is 12.9. The second kappa shape index (κ2) is 11.3. The van der Waals surface area contributed by atoms with E-state index in [0.29, 0.717) is 18.2 Å². The summed E-state index contributed by atoms with van der Waals surface area (Å²) in [5, 5.41) is 7.46. The minimum absolute atomic E-state index is 0.0772. The molecule has 0 unspecified atom stereocenters. The van der Waals surface area contributed by atoms with Crippen LogP contribution in [0.4, 0.5) is 0 Å². The fraction of sp³-hybridized carbons (Fsp3) is 0.516. The molecule has 1 saturated heterocycles. The molecule has 4 heterocycles. The van der Waals surface area contributed by atoms with Gasteiger partial charge >= 0.3 is 0 Å². The second-order valence-electron chi connectivity index (χ2n) is 11.5. The van der Waals surface area contributed by atoms with Crippen LogP contribution in [0.3, 0.4) is 0 Å². The highest BCUT2D eigenvalue weighted by Crippen LogP contribution is 2.40. The van der Waals surface area contributed by atoms with Crippen molar-refractivity contribution in [3.05, 3.63) is 77.4 Å². The van der Waals surface area contributed by atoms with Crippen molar-refractivity contribution in [2.45, 2.75) is 63.8 Å². The lowest BCUT2D eigenvalue weighted by Crippen LogP contribution is -2.48. The number of aromatic amines is 1. The topological polar surface area (TPSA) is 74.3 Å². The molecule has 1 aliphatic carbocycles. The maximum absolute atomic E-state index is 13.3. The molecule has 7 heteroatoms. The van der Waals surface area contributed by atoms with Gasteiger partial charge in [-0.05, 0) is 79.7 Å². The molecule has 1 spiro atoms. The number of carbonyl (C=O) groups is 1. The summed E-state index contributed by atoms with van der Waals surface area (Å²) in [4.78, 5) is 22.2. The number of fused-ring (bicyclic) bond motifs is 1. The first kappa shape index (κ1) is 25.1. The van der Waals surface area contributed by atoms with Crippen LogP contribution in [0.15, 0.2) is 54.9 Å². The van der Waals surface area contributed by atoms with Gasteiger partial charge in [-0.2, -0.15) is 5.10 Å². The van der Waals surface area contributed by atoms with Crippen LogP contribution in [0.5, 0.6) is 5.75 Å². The summed E-state index contributed by atoms with van der Waals surface area (Å²) < 4.78 is 6.30. The Balaban J connectivity index is 1.17. The van der Waals surface area contributed by atoms with Gasteiger partial charge in [0.05, 0.1) is 0 Å². The number of hydrogen-bond donors (Lipinski definition) is 1. The van der Waals surface area contributed by atoms with Crippen molar-refractivity contribution >= 4 is 5.91 Å². The third kappa shape index (κ3) is 5.93. The number of nitrogens with zero attached hydrogens (tertiary/aromatic N) is 4. The van der Waals surface area contributed by atoms with Gasteiger partial charge in [0.25, 0.3) is 5.91 Å². The number of para-hydroxylation sites is 1. The first-order valence-electron chi connectivity index (χ1n) is 14.3. The van der Waals surface area contributed by atoms with E-state index in [9.17, 15) is 4.79 Å². The van der Waals surface area contributed by atoms with Gasteiger partial charge in [0.15, 0.2) is 0 Å². The Morgan fingerprint density at radius 2 is 1.92 bits per heavy atom. The number of rotatable bonds is 4. The lowest BCUT2D eigenvalue weighted by atomic mass is 9.73. The van der Waals surface area contributed by atoms with E-state index in [4.69, 9.17) is 4.74 Å². The summed E-state index contributed by atoms with van der Waals surface area (Å²) in [5.74, 6) is 1.68. The van der Waals surface area contributed by atoms with Gasteiger partial charge in [0.1, 0.15) is 18.1 Å². The van der Waals surface area contributed by atoms with Crippen molar-refractivity contribution in [3.8, 4) is 5.75 Å². The Kier molecular flexibility index (Phi) is 7.45. The van der Waals surface area contributed by atoms with Gasteiger partial charge in [0, 0.05) is 56.7 Å². The molecule has 2 aliphatic heterocycles. The van der Waals surface area contributed by atoms with E-state index in [2.05, 4.69) is 50.4 Å². The zero-order valence-electron chi connectivity index (χ0n) is 22.3. The Labute approximate surface area is 225 Å². The molecule has 7 nitrogen and oxygen atoms in total. The molecule has 3 aromatic rings. The normalized spacial score (nSPS) is 20.7. The van der Waals surface area contributed by atoms with Crippen molar-refractivity contribution in [1.82, 2.24) is 25.0 Å². The Morgan fingerprint density at radius 1 is 1.05 bits per heavy atom. The molecule has 1 aromatic carbocycles. The fourth-order valence-corrected chi connectivity index (χ4v) is 6.27. The average Bonchev–Trinajstić information content (AvgIpc) is 3.68. The molecule has 1 amide bonds. The van der Waals surface area contributed by atoms with Crippen LogP contribution in [0.1, 0.15) is 78.2 Å². The van der Waals surface area contributed by atoms with E-state index in [0.717, 1.165) is 69.9 Å². The van der Waals surface area contributed by atoms with Gasteiger partial charge in [-0.3, -0.25) is 19.8 Å². The highest BCUT2D eigenvalue weighted by atomic mass is 16.5. The Bertz CT molecular complexity index is 1210. The zero-order chi connectivity index (χ0) is 25.8. The van der Waals surface area contributed by atoms with Gasteiger partial charge in [-0.15, -0.1) is 0 Å². The summed E-state index contributed by atoms with van der Waals surface area (Å²) in [5.41, 5.74) is 4.44. The van der Waals surface area contributed by atoms with Crippen LogP contribution in [-0.4, -0.2) is 63.7 Å². The van der Waals surface area contributed by atoms with Crippen LogP contribution in [0.25, 0.3) is 0 Å². The lowest BCUT2D eigenvalue weighted by Gasteiger charge is -2.45. The Morgan fingerprint density at radius 3 is 2.74 bits per heavy atom.